The topological polar surface area (TPSA) is 43.4 Å². The molecule has 0 heterocycles. The molecule has 0 aliphatic carbocycles. The first-order chi connectivity index (χ1) is 6.74. The normalized spacial score (nSPS) is 11.8. The molecule has 1 aromatic rings. The van der Waals surface area contributed by atoms with Gasteiger partial charge >= 0.3 is 15.6 Å². The summed E-state index contributed by atoms with van der Waals surface area (Å²) in [6.45, 7) is 0. The van der Waals surface area contributed by atoms with E-state index >= 15 is 0 Å². The maximum atomic E-state index is 12.8. The Bertz CT molecular complexity index is 453. The van der Waals surface area contributed by atoms with E-state index in [2.05, 4.69) is 4.18 Å². The van der Waals surface area contributed by atoms with Crippen LogP contribution in [0.25, 0.3) is 0 Å². The van der Waals surface area contributed by atoms with Crippen LogP contribution < -0.4 is 4.18 Å². The maximum Gasteiger partial charge on any atom is 0.534 e. The van der Waals surface area contributed by atoms with Crippen molar-refractivity contribution < 1.29 is 30.2 Å². The van der Waals surface area contributed by atoms with E-state index in [0.717, 1.165) is 18.2 Å². The number of hydrogen-bond donors (Lipinski definition) is 0. The Morgan fingerprint density at radius 3 is 2.06 bits per heavy atom. The van der Waals surface area contributed by atoms with Gasteiger partial charge in [-0.3, -0.25) is 0 Å². The van der Waals surface area contributed by atoms with Gasteiger partial charge in [-0.1, -0.05) is 19.6 Å². The lowest BCUT2D eigenvalue weighted by Crippen LogP contribution is -2.28. The van der Waals surface area contributed by atoms with Gasteiger partial charge in [0.05, 0.1) is 0 Å². The van der Waals surface area contributed by atoms with Crippen molar-refractivity contribution in [3.63, 3.8) is 0 Å². The van der Waals surface area contributed by atoms with Crippen LogP contribution in [0.2, 0.25) is 0 Å². The van der Waals surface area contributed by atoms with Gasteiger partial charge in [0.1, 0.15) is 0 Å². The molecule has 0 saturated carbocycles. The quantitative estimate of drug-likeness (QED) is 0.466. The van der Waals surface area contributed by atoms with E-state index in [1.807, 2.05) is 0 Å². The molecule has 0 atom stereocenters. The van der Waals surface area contributed by atoms with Gasteiger partial charge in [-0.05, 0) is 12.1 Å². The molecule has 0 spiro atoms. The van der Waals surface area contributed by atoms with Crippen molar-refractivity contribution in [3.8, 4) is 5.75 Å². The Morgan fingerprint density at radius 1 is 1.12 bits per heavy atom. The standard InChI is InChI=1S/C7H4F4O3S.CH4/c8-5-3-1-2-4-6(5)14-15(12,13)7(9,10)11;/h1-4H;1H4. The summed E-state index contributed by atoms with van der Waals surface area (Å²) in [6, 6.07) is 3.88. The van der Waals surface area contributed by atoms with Crippen LogP contribution in [0.1, 0.15) is 7.43 Å². The van der Waals surface area contributed by atoms with Gasteiger partial charge in [0, 0.05) is 0 Å². The van der Waals surface area contributed by atoms with Crippen molar-refractivity contribution in [1.29, 1.82) is 0 Å². The summed E-state index contributed by atoms with van der Waals surface area (Å²) in [5.41, 5.74) is -5.57. The van der Waals surface area contributed by atoms with Gasteiger partial charge in [0.15, 0.2) is 11.6 Å². The first-order valence-electron chi connectivity index (χ1n) is 3.49. The van der Waals surface area contributed by atoms with Crippen LogP contribution in [0, 0.1) is 5.82 Å². The molecule has 0 bridgehead atoms. The molecule has 0 saturated heterocycles. The van der Waals surface area contributed by atoms with E-state index in [0.29, 0.717) is 0 Å². The Hall–Kier alpha value is -1.31. The van der Waals surface area contributed by atoms with Gasteiger partial charge in [0.2, 0.25) is 0 Å². The average Bonchev–Trinajstić information content (AvgIpc) is 2.06. The van der Waals surface area contributed by atoms with E-state index in [9.17, 15) is 26.0 Å². The van der Waals surface area contributed by atoms with E-state index in [1.165, 1.54) is 6.07 Å². The Labute approximate surface area is 89.8 Å². The van der Waals surface area contributed by atoms with Crippen molar-refractivity contribution in [2.75, 3.05) is 0 Å². The molecule has 3 nitrogen and oxygen atoms in total. The summed E-state index contributed by atoms with van der Waals surface area (Å²) < 4.78 is 72.7. The first kappa shape index (κ1) is 14.7. The molecule has 0 aliphatic heterocycles. The molecule has 0 radical (unpaired) electrons. The zero-order valence-electron chi connectivity index (χ0n) is 6.95. The van der Waals surface area contributed by atoms with E-state index in [-0.39, 0.29) is 7.43 Å². The minimum absolute atomic E-state index is 0. The van der Waals surface area contributed by atoms with Crippen molar-refractivity contribution in [1.82, 2.24) is 0 Å². The zero-order valence-corrected chi connectivity index (χ0v) is 7.77. The summed E-state index contributed by atoms with van der Waals surface area (Å²) in [4.78, 5) is 0. The fourth-order valence-electron chi connectivity index (χ4n) is 0.678. The fourth-order valence-corrected chi connectivity index (χ4v) is 1.14. The van der Waals surface area contributed by atoms with Gasteiger partial charge in [-0.25, -0.2) is 4.39 Å². The predicted octanol–water partition coefficient (Wildman–Crippen LogP) is 2.69. The van der Waals surface area contributed by atoms with Crippen LogP contribution in [0.3, 0.4) is 0 Å². The van der Waals surface area contributed by atoms with Crippen molar-refractivity contribution in [2.45, 2.75) is 12.9 Å². The molecule has 1 aromatic carbocycles. The van der Waals surface area contributed by atoms with Crippen LogP contribution in [-0.2, 0) is 10.1 Å². The van der Waals surface area contributed by atoms with Crippen LogP contribution in [0.15, 0.2) is 24.3 Å². The Kier molecular flexibility index (Phi) is 4.30. The Balaban J connectivity index is 0.00000225. The smallest absolute Gasteiger partial charge is 0.373 e. The van der Waals surface area contributed by atoms with Gasteiger partial charge in [-0.15, -0.1) is 0 Å². The minimum Gasteiger partial charge on any atom is -0.373 e. The fraction of sp³-hybridized carbons (Fsp3) is 0.250. The molecule has 0 amide bonds. The second-order valence-electron chi connectivity index (χ2n) is 2.41. The van der Waals surface area contributed by atoms with E-state index in [1.54, 1.807) is 0 Å². The van der Waals surface area contributed by atoms with Crippen molar-refractivity contribution >= 4 is 10.1 Å². The summed E-state index contributed by atoms with van der Waals surface area (Å²) >= 11 is 0. The molecule has 0 fully saturated rings. The number of para-hydroxylation sites is 1. The van der Waals surface area contributed by atoms with E-state index < -0.39 is 27.2 Å². The maximum absolute atomic E-state index is 12.8. The lowest BCUT2D eigenvalue weighted by molar-refractivity contribution is -0.0500. The van der Waals surface area contributed by atoms with Crippen molar-refractivity contribution in [3.05, 3.63) is 30.1 Å². The first-order valence-corrected chi connectivity index (χ1v) is 4.90. The predicted molar refractivity (Wildman–Crippen MR) is 48.7 cm³/mol. The summed E-state index contributed by atoms with van der Waals surface area (Å²) in [7, 11) is -5.81. The summed E-state index contributed by atoms with van der Waals surface area (Å²) in [5.74, 6) is -2.18. The highest BCUT2D eigenvalue weighted by Gasteiger charge is 2.48. The molecule has 8 heteroatoms. The molecule has 16 heavy (non-hydrogen) atoms. The lowest BCUT2D eigenvalue weighted by atomic mass is 10.3. The monoisotopic (exact) mass is 260 g/mol. The van der Waals surface area contributed by atoms with Crippen LogP contribution in [-0.4, -0.2) is 13.9 Å². The van der Waals surface area contributed by atoms with E-state index in [4.69, 9.17) is 0 Å². The Morgan fingerprint density at radius 2 is 1.62 bits per heavy atom. The molecule has 0 N–H and O–H groups in total. The molecule has 0 unspecified atom stereocenters. The van der Waals surface area contributed by atoms with Gasteiger partial charge in [0.25, 0.3) is 0 Å². The van der Waals surface area contributed by atoms with Crippen LogP contribution >= 0.6 is 0 Å². The number of rotatable bonds is 2. The third-order valence-corrected chi connectivity index (χ3v) is 2.29. The molecule has 0 aliphatic rings. The third kappa shape index (κ3) is 3.09. The number of halogens is 4. The summed E-state index contributed by atoms with van der Waals surface area (Å²) in [6.07, 6.45) is 0. The van der Waals surface area contributed by atoms with Gasteiger partial charge in [-0.2, -0.15) is 21.6 Å². The largest absolute Gasteiger partial charge is 0.534 e. The average molecular weight is 260 g/mol. The SMILES string of the molecule is C.O=S(=O)(Oc1ccccc1F)C(F)(F)F. The highest BCUT2D eigenvalue weighted by Crippen LogP contribution is 2.27. The van der Waals surface area contributed by atoms with Crippen molar-refractivity contribution in [2.24, 2.45) is 0 Å². The minimum atomic E-state index is -5.81. The number of alkyl halides is 3. The highest BCUT2D eigenvalue weighted by atomic mass is 32.2. The second kappa shape index (κ2) is 4.69. The molecule has 0 aromatic heterocycles. The zero-order chi connectivity index (χ0) is 11.7. The second-order valence-corrected chi connectivity index (χ2v) is 3.95. The molecular weight excluding hydrogens is 252 g/mol. The lowest BCUT2D eigenvalue weighted by Gasteiger charge is -2.09. The number of hydrogen-bond acceptors (Lipinski definition) is 3. The summed E-state index contributed by atoms with van der Waals surface area (Å²) in [5, 5.41) is 0. The highest BCUT2D eigenvalue weighted by molar-refractivity contribution is 7.87. The number of benzene rings is 1. The third-order valence-electron chi connectivity index (χ3n) is 1.32. The molecular formula is C8H8F4O3S. The molecule has 92 valence electrons. The molecule has 1 rings (SSSR count). The van der Waals surface area contributed by atoms with Crippen LogP contribution in [0.4, 0.5) is 17.6 Å². The van der Waals surface area contributed by atoms with Crippen LogP contribution in [0.5, 0.6) is 5.75 Å². The van der Waals surface area contributed by atoms with Gasteiger partial charge < -0.3 is 4.18 Å².